The normalized spacial score (nSPS) is 11.3. The second-order valence-corrected chi connectivity index (χ2v) is 8.47. The Kier molecular flexibility index (Phi) is 5.48. The molecule has 4 heterocycles. The van der Waals surface area contributed by atoms with Crippen molar-refractivity contribution in [1.29, 1.82) is 0 Å². The van der Waals surface area contributed by atoms with Crippen molar-refractivity contribution in [2.24, 2.45) is 7.05 Å². The lowest BCUT2D eigenvalue weighted by molar-refractivity contribution is 0.0531. The first-order valence-electron chi connectivity index (χ1n) is 9.20. The van der Waals surface area contributed by atoms with E-state index in [-0.39, 0.29) is 5.97 Å². The van der Waals surface area contributed by atoms with E-state index in [2.05, 4.69) is 20.2 Å². The Labute approximate surface area is 180 Å². The number of rotatable bonds is 6. The summed E-state index contributed by atoms with van der Waals surface area (Å²) in [6.07, 6.45) is 1.63. The van der Waals surface area contributed by atoms with Gasteiger partial charge in [0, 0.05) is 7.05 Å². The molecule has 0 aromatic carbocycles. The van der Waals surface area contributed by atoms with Crippen LogP contribution in [0.3, 0.4) is 0 Å². The molecule has 4 aromatic heterocycles. The van der Waals surface area contributed by atoms with Crippen LogP contribution in [0.5, 0.6) is 0 Å². The lowest BCUT2D eigenvalue weighted by atomic mass is 10.2. The Morgan fingerprint density at radius 1 is 1.33 bits per heavy atom. The number of nitrogen functional groups attached to an aromatic ring is 1. The highest BCUT2D eigenvalue weighted by Crippen LogP contribution is 2.34. The van der Waals surface area contributed by atoms with Crippen molar-refractivity contribution in [3.05, 3.63) is 34.4 Å². The van der Waals surface area contributed by atoms with E-state index in [0.717, 1.165) is 27.9 Å². The molecule has 0 spiro atoms. The SMILES string of the molecule is CCOC(=O)c1sc2nc(CSc3nnc(-c4ccoc4C)n3C)nc(N)c2c1C. The molecule has 0 radical (unpaired) electrons. The van der Waals surface area contributed by atoms with Gasteiger partial charge in [0.2, 0.25) is 0 Å². The van der Waals surface area contributed by atoms with E-state index >= 15 is 0 Å². The second-order valence-electron chi connectivity index (χ2n) is 6.53. The number of nitrogens with zero attached hydrogens (tertiary/aromatic N) is 5. The fourth-order valence-corrected chi connectivity index (χ4v) is 4.96. The summed E-state index contributed by atoms with van der Waals surface area (Å²) >= 11 is 2.73. The van der Waals surface area contributed by atoms with Crippen LogP contribution in [0.4, 0.5) is 5.82 Å². The summed E-state index contributed by atoms with van der Waals surface area (Å²) in [5.74, 6) is 2.52. The molecule has 30 heavy (non-hydrogen) atoms. The molecule has 2 N–H and O–H groups in total. The van der Waals surface area contributed by atoms with E-state index in [4.69, 9.17) is 14.9 Å². The molecule has 156 valence electrons. The molecule has 0 fully saturated rings. The summed E-state index contributed by atoms with van der Waals surface area (Å²) in [5, 5.41) is 9.96. The van der Waals surface area contributed by atoms with E-state index in [0.29, 0.717) is 39.1 Å². The van der Waals surface area contributed by atoms with Gasteiger partial charge in [-0.2, -0.15) is 0 Å². The molecule has 4 aromatic rings. The van der Waals surface area contributed by atoms with Crippen LogP contribution in [0, 0.1) is 13.8 Å². The lowest BCUT2D eigenvalue weighted by Crippen LogP contribution is -2.04. The molecular formula is C19H20N6O3S2. The smallest absolute Gasteiger partial charge is 0.348 e. The van der Waals surface area contributed by atoms with Gasteiger partial charge < -0.3 is 19.5 Å². The summed E-state index contributed by atoms with van der Waals surface area (Å²) in [4.78, 5) is 22.4. The van der Waals surface area contributed by atoms with Crippen LogP contribution < -0.4 is 5.73 Å². The zero-order valence-corrected chi connectivity index (χ0v) is 18.6. The highest BCUT2D eigenvalue weighted by atomic mass is 32.2. The van der Waals surface area contributed by atoms with Crippen molar-refractivity contribution in [3.63, 3.8) is 0 Å². The van der Waals surface area contributed by atoms with Gasteiger partial charge in [0.05, 0.1) is 29.6 Å². The van der Waals surface area contributed by atoms with Gasteiger partial charge in [0.25, 0.3) is 0 Å². The van der Waals surface area contributed by atoms with Gasteiger partial charge in [-0.15, -0.1) is 21.5 Å². The predicted octanol–water partition coefficient (Wildman–Crippen LogP) is 3.75. The Balaban J connectivity index is 1.59. The average Bonchev–Trinajstić information content (AvgIpc) is 3.38. The standard InChI is InChI=1S/C19H20N6O3S2/c1-5-27-18(26)14-9(2)13-15(20)21-12(22-17(13)30-14)8-29-19-24-23-16(25(19)4)11-6-7-28-10(11)3/h6-7H,5,8H2,1-4H3,(H2,20,21,22). The average molecular weight is 445 g/mol. The van der Waals surface area contributed by atoms with Crippen LogP contribution in [0.15, 0.2) is 21.9 Å². The first-order valence-corrected chi connectivity index (χ1v) is 11.0. The number of carbonyl (C=O) groups is 1. The number of anilines is 1. The van der Waals surface area contributed by atoms with E-state index < -0.39 is 0 Å². The molecule has 0 atom stereocenters. The first kappa shape index (κ1) is 20.4. The van der Waals surface area contributed by atoms with Gasteiger partial charge in [-0.25, -0.2) is 14.8 Å². The number of carbonyl (C=O) groups excluding carboxylic acids is 1. The summed E-state index contributed by atoms with van der Waals surface area (Å²) < 4.78 is 12.4. The van der Waals surface area contributed by atoms with E-state index in [1.807, 2.05) is 31.5 Å². The fourth-order valence-electron chi connectivity index (χ4n) is 3.09. The van der Waals surface area contributed by atoms with Crippen LogP contribution >= 0.6 is 23.1 Å². The third kappa shape index (κ3) is 3.54. The Morgan fingerprint density at radius 2 is 2.13 bits per heavy atom. The number of hydrogen-bond donors (Lipinski definition) is 1. The number of thiophene rings is 1. The van der Waals surface area contributed by atoms with Crippen molar-refractivity contribution >= 4 is 45.1 Å². The van der Waals surface area contributed by atoms with Crippen LogP contribution in [-0.2, 0) is 17.5 Å². The van der Waals surface area contributed by atoms with Gasteiger partial charge in [-0.05, 0) is 32.4 Å². The number of ether oxygens (including phenoxy) is 1. The summed E-state index contributed by atoms with van der Waals surface area (Å²) in [5.41, 5.74) is 7.83. The minimum Gasteiger partial charge on any atom is -0.469 e. The molecule has 0 amide bonds. The van der Waals surface area contributed by atoms with E-state index in [1.54, 1.807) is 13.2 Å². The number of nitrogens with two attached hydrogens (primary N) is 1. The molecule has 4 rings (SSSR count). The molecule has 0 bridgehead atoms. The highest BCUT2D eigenvalue weighted by Gasteiger charge is 2.21. The molecule has 0 unspecified atom stereocenters. The second kappa shape index (κ2) is 8.07. The van der Waals surface area contributed by atoms with Gasteiger partial charge >= 0.3 is 5.97 Å². The van der Waals surface area contributed by atoms with Crippen molar-refractivity contribution in [2.45, 2.75) is 31.7 Å². The van der Waals surface area contributed by atoms with Crippen molar-refractivity contribution in [2.75, 3.05) is 12.3 Å². The molecule has 0 saturated heterocycles. The summed E-state index contributed by atoms with van der Waals surface area (Å²) in [6, 6.07) is 1.87. The van der Waals surface area contributed by atoms with Crippen LogP contribution in [-0.4, -0.2) is 37.3 Å². The first-order chi connectivity index (χ1) is 14.4. The maximum Gasteiger partial charge on any atom is 0.348 e. The monoisotopic (exact) mass is 444 g/mol. The van der Waals surface area contributed by atoms with Gasteiger partial charge in [-0.1, -0.05) is 11.8 Å². The summed E-state index contributed by atoms with van der Waals surface area (Å²) in [7, 11) is 1.90. The Bertz CT molecular complexity index is 1240. The Morgan fingerprint density at radius 3 is 2.83 bits per heavy atom. The van der Waals surface area contributed by atoms with Crippen LogP contribution in [0.25, 0.3) is 21.6 Å². The highest BCUT2D eigenvalue weighted by molar-refractivity contribution is 7.98. The number of aromatic nitrogens is 5. The molecule has 0 aliphatic heterocycles. The number of aryl methyl sites for hydroxylation is 2. The number of esters is 1. The molecule has 0 saturated carbocycles. The van der Waals surface area contributed by atoms with Crippen LogP contribution in [0.2, 0.25) is 0 Å². The predicted molar refractivity (Wildman–Crippen MR) is 116 cm³/mol. The number of furan rings is 1. The lowest BCUT2D eigenvalue weighted by Gasteiger charge is -2.04. The van der Waals surface area contributed by atoms with Crippen LogP contribution in [0.1, 0.15) is 33.7 Å². The minimum absolute atomic E-state index is 0.313. The zero-order chi connectivity index (χ0) is 21.4. The molecule has 9 nitrogen and oxygen atoms in total. The minimum atomic E-state index is -0.366. The number of hydrogen-bond acceptors (Lipinski definition) is 10. The van der Waals surface area contributed by atoms with Crippen molar-refractivity contribution < 1.29 is 13.9 Å². The number of thioether (sulfide) groups is 1. The number of fused-ring (bicyclic) bond motifs is 1. The molecular weight excluding hydrogens is 424 g/mol. The molecule has 11 heteroatoms. The third-order valence-electron chi connectivity index (χ3n) is 4.59. The van der Waals surface area contributed by atoms with Gasteiger partial charge in [0.1, 0.15) is 27.1 Å². The third-order valence-corrected chi connectivity index (χ3v) is 6.77. The van der Waals surface area contributed by atoms with Gasteiger partial charge in [0.15, 0.2) is 11.0 Å². The van der Waals surface area contributed by atoms with Crippen molar-refractivity contribution in [3.8, 4) is 11.4 Å². The quantitative estimate of drug-likeness (QED) is 0.350. The maximum absolute atomic E-state index is 12.2. The van der Waals surface area contributed by atoms with E-state index in [9.17, 15) is 4.79 Å². The zero-order valence-electron chi connectivity index (χ0n) is 16.9. The molecule has 0 aliphatic rings. The fraction of sp³-hybridized carbons (Fsp3) is 0.316. The largest absolute Gasteiger partial charge is 0.469 e. The van der Waals surface area contributed by atoms with Gasteiger partial charge in [-0.3, -0.25) is 0 Å². The molecule has 0 aliphatic carbocycles. The van der Waals surface area contributed by atoms with E-state index in [1.165, 1.54) is 23.1 Å². The summed E-state index contributed by atoms with van der Waals surface area (Å²) in [6.45, 7) is 5.80. The topological polar surface area (TPSA) is 122 Å². The Hall–Kier alpha value is -2.92. The maximum atomic E-state index is 12.2. The van der Waals surface area contributed by atoms with Crippen molar-refractivity contribution in [1.82, 2.24) is 24.7 Å².